The molecule has 1 atom stereocenters. The number of benzene rings is 2. The third kappa shape index (κ3) is 2.56. The molecule has 0 spiro atoms. The van der Waals surface area contributed by atoms with Crippen LogP contribution in [0.1, 0.15) is 42.9 Å². The Labute approximate surface area is 139 Å². The number of phenols is 4. The highest BCUT2D eigenvalue weighted by Gasteiger charge is 2.25. The maximum atomic E-state index is 9.92. The van der Waals surface area contributed by atoms with E-state index in [1.807, 2.05) is 13.8 Å². The van der Waals surface area contributed by atoms with Crippen molar-refractivity contribution in [2.24, 2.45) is 10.2 Å². The van der Waals surface area contributed by atoms with Crippen LogP contribution in [0.5, 0.6) is 23.0 Å². The number of phenolic OH excluding ortho intramolecular Hbond substituents is 4. The van der Waals surface area contributed by atoms with Crippen LogP contribution in [0.2, 0.25) is 0 Å². The maximum absolute atomic E-state index is 9.92. The summed E-state index contributed by atoms with van der Waals surface area (Å²) in [6, 6.07) is 7.34. The fraction of sp³-hybridized carbons (Fsp3) is 0.222. The molecular formula is C18H18N2O4. The predicted molar refractivity (Wildman–Crippen MR) is 91.3 cm³/mol. The van der Waals surface area contributed by atoms with Crippen LogP contribution in [0.4, 0.5) is 0 Å². The average Bonchev–Trinajstić information content (AvgIpc) is 2.67. The molecule has 0 saturated carbocycles. The van der Waals surface area contributed by atoms with E-state index >= 15 is 0 Å². The highest BCUT2D eigenvalue weighted by molar-refractivity contribution is 6.16. The normalized spacial score (nSPS) is 16.8. The van der Waals surface area contributed by atoms with Gasteiger partial charge >= 0.3 is 0 Å². The Bertz CT molecular complexity index is 872. The first-order valence-corrected chi connectivity index (χ1v) is 7.63. The standard InChI is InChI=1S/C18H18N2O4/c1-3-11-9(2)19-20-18(10-4-5-14(21)15(22)6-10)13-8-17(24)16(23)7-12(11)13/h4-8,11,21-24H,3H2,1-2H3. The quantitative estimate of drug-likeness (QED) is 0.636. The van der Waals surface area contributed by atoms with Crippen molar-refractivity contribution in [1.29, 1.82) is 0 Å². The van der Waals surface area contributed by atoms with E-state index in [-0.39, 0.29) is 28.9 Å². The van der Waals surface area contributed by atoms with Gasteiger partial charge in [0.15, 0.2) is 23.0 Å². The summed E-state index contributed by atoms with van der Waals surface area (Å²) in [4.78, 5) is 0. The molecule has 3 rings (SSSR count). The van der Waals surface area contributed by atoms with Crippen molar-refractivity contribution in [3.63, 3.8) is 0 Å². The molecule has 1 aliphatic rings. The number of fused-ring (bicyclic) bond motifs is 1. The van der Waals surface area contributed by atoms with Gasteiger partial charge in [0.1, 0.15) is 5.71 Å². The molecule has 0 aromatic heterocycles. The summed E-state index contributed by atoms with van der Waals surface area (Å²) in [7, 11) is 0. The number of aromatic hydroxyl groups is 4. The lowest BCUT2D eigenvalue weighted by atomic mass is 9.85. The molecule has 6 nitrogen and oxygen atoms in total. The number of hydrogen-bond donors (Lipinski definition) is 4. The minimum absolute atomic E-state index is 0.0431. The lowest BCUT2D eigenvalue weighted by molar-refractivity contribution is 0.403. The Morgan fingerprint density at radius 3 is 2.21 bits per heavy atom. The van der Waals surface area contributed by atoms with E-state index in [9.17, 15) is 20.4 Å². The maximum Gasteiger partial charge on any atom is 0.158 e. The summed E-state index contributed by atoms with van der Waals surface area (Å²) in [6.45, 7) is 3.87. The second-order valence-electron chi connectivity index (χ2n) is 5.78. The van der Waals surface area contributed by atoms with Gasteiger partial charge in [-0.1, -0.05) is 6.92 Å². The fourth-order valence-corrected chi connectivity index (χ4v) is 2.96. The zero-order valence-corrected chi connectivity index (χ0v) is 13.4. The molecule has 6 heteroatoms. The zero-order chi connectivity index (χ0) is 17.4. The summed E-state index contributed by atoms with van der Waals surface area (Å²) >= 11 is 0. The van der Waals surface area contributed by atoms with Crippen molar-refractivity contribution < 1.29 is 20.4 Å². The summed E-state index contributed by atoms with van der Waals surface area (Å²) in [5.74, 6) is -0.989. The molecule has 1 aliphatic heterocycles. The fourth-order valence-electron chi connectivity index (χ4n) is 2.96. The Hall–Kier alpha value is -3.02. The van der Waals surface area contributed by atoms with Gasteiger partial charge in [0.2, 0.25) is 0 Å². The minimum Gasteiger partial charge on any atom is -0.504 e. The van der Waals surface area contributed by atoms with Crippen molar-refractivity contribution in [2.45, 2.75) is 26.2 Å². The topological polar surface area (TPSA) is 106 Å². The lowest BCUT2D eigenvalue weighted by Gasteiger charge is -2.18. The van der Waals surface area contributed by atoms with Crippen molar-refractivity contribution in [3.05, 3.63) is 47.0 Å². The largest absolute Gasteiger partial charge is 0.504 e. The van der Waals surface area contributed by atoms with Crippen molar-refractivity contribution in [3.8, 4) is 23.0 Å². The minimum atomic E-state index is -0.267. The van der Waals surface area contributed by atoms with E-state index in [0.717, 1.165) is 17.7 Å². The van der Waals surface area contributed by atoms with Crippen molar-refractivity contribution >= 4 is 11.4 Å². The summed E-state index contributed by atoms with van der Waals surface area (Å²) < 4.78 is 0. The van der Waals surface area contributed by atoms with Gasteiger partial charge in [-0.05, 0) is 49.2 Å². The smallest absolute Gasteiger partial charge is 0.158 e. The van der Waals surface area contributed by atoms with Gasteiger partial charge in [-0.25, -0.2) is 0 Å². The Morgan fingerprint density at radius 2 is 1.54 bits per heavy atom. The van der Waals surface area contributed by atoms with E-state index in [2.05, 4.69) is 10.2 Å². The second-order valence-corrected chi connectivity index (χ2v) is 5.78. The average molecular weight is 326 g/mol. The van der Waals surface area contributed by atoms with Crippen LogP contribution in [-0.4, -0.2) is 31.8 Å². The van der Waals surface area contributed by atoms with Gasteiger partial charge in [0, 0.05) is 22.8 Å². The summed E-state index contributed by atoms with van der Waals surface area (Å²) in [6.07, 6.45) is 0.760. The van der Waals surface area contributed by atoms with Crippen LogP contribution in [0.25, 0.3) is 0 Å². The van der Waals surface area contributed by atoms with Crippen LogP contribution in [0.3, 0.4) is 0 Å². The van der Waals surface area contributed by atoms with Gasteiger partial charge < -0.3 is 20.4 Å². The molecule has 0 amide bonds. The summed E-state index contributed by atoms with van der Waals surface area (Å²) in [5, 5.41) is 47.6. The molecule has 1 heterocycles. The molecule has 0 saturated heterocycles. The molecule has 2 aromatic rings. The van der Waals surface area contributed by atoms with Crippen molar-refractivity contribution in [1.82, 2.24) is 0 Å². The first-order chi connectivity index (χ1) is 11.4. The second kappa shape index (κ2) is 5.88. The Kier molecular flexibility index (Phi) is 3.89. The van der Waals surface area contributed by atoms with Gasteiger partial charge in [-0.15, -0.1) is 5.10 Å². The zero-order valence-electron chi connectivity index (χ0n) is 13.4. The van der Waals surface area contributed by atoms with E-state index in [4.69, 9.17) is 0 Å². The molecule has 0 bridgehead atoms. The molecule has 0 aliphatic carbocycles. The van der Waals surface area contributed by atoms with E-state index < -0.39 is 0 Å². The molecular weight excluding hydrogens is 308 g/mol. The first-order valence-electron chi connectivity index (χ1n) is 7.63. The van der Waals surface area contributed by atoms with Gasteiger partial charge in [0.05, 0.1) is 0 Å². The Balaban J connectivity index is 2.27. The highest BCUT2D eigenvalue weighted by Crippen LogP contribution is 2.37. The highest BCUT2D eigenvalue weighted by atomic mass is 16.3. The van der Waals surface area contributed by atoms with Crippen LogP contribution in [0.15, 0.2) is 40.5 Å². The predicted octanol–water partition coefficient (Wildman–Crippen LogP) is 3.23. The molecule has 24 heavy (non-hydrogen) atoms. The van der Waals surface area contributed by atoms with Crippen LogP contribution < -0.4 is 0 Å². The molecule has 4 N–H and O–H groups in total. The third-order valence-corrected chi connectivity index (χ3v) is 4.25. The lowest BCUT2D eigenvalue weighted by Crippen LogP contribution is -2.11. The van der Waals surface area contributed by atoms with Crippen molar-refractivity contribution in [2.75, 3.05) is 0 Å². The molecule has 124 valence electrons. The SMILES string of the molecule is CCC1C(C)=NN=C(c2ccc(O)c(O)c2)c2cc(O)c(O)cc21. The molecule has 0 radical (unpaired) electrons. The molecule has 0 fully saturated rings. The summed E-state index contributed by atoms with van der Waals surface area (Å²) in [5.41, 5.74) is 3.22. The monoisotopic (exact) mass is 326 g/mol. The van der Waals surface area contributed by atoms with Crippen LogP contribution >= 0.6 is 0 Å². The number of hydrogen-bond acceptors (Lipinski definition) is 6. The Morgan fingerprint density at radius 1 is 0.875 bits per heavy atom. The van der Waals surface area contributed by atoms with Gasteiger partial charge in [-0.3, -0.25) is 0 Å². The van der Waals surface area contributed by atoms with Gasteiger partial charge in [0.25, 0.3) is 0 Å². The third-order valence-electron chi connectivity index (χ3n) is 4.25. The molecule has 2 aromatic carbocycles. The first kappa shape index (κ1) is 15.9. The van der Waals surface area contributed by atoms with Crippen LogP contribution in [0, 0.1) is 0 Å². The van der Waals surface area contributed by atoms with Gasteiger partial charge in [-0.2, -0.15) is 5.10 Å². The van der Waals surface area contributed by atoms with E-state index in [1.54, 1.807) is 6.07 Å². The number of nitrogens with zero attached hydrogens (tertiary/aromatic N) is 2. The van der Waals surface area contributed by atoms with Crippen LogP contribution in [-0.2, 0) is 0 Å². The van der Waals surface area contributed by atoms with E-state index in [1.165, 1.54) is 24.3 Å². The number of rotatable bonds is 2. The molecule has 1 unspecified atom stereocenters. The van der Waals surface area contributed by atoms with E-state index in [0.29, 0.717) is 16.8 Å².